The van der Waals surface area contributed by atoms with Crippen molar-refractivity contribution in [2.45, 2.75) is 38.3 Å². The van der Waals surface area contributed by atoms with E-state index in [0.29, 0.717) is 5.92 Å². The van der Waals surface area contributed by atoms with Crippen LogP contribution in [0.5, 0.6) is 0 Å². The summed E-state index contributed by atoms with van der Waals surface area (Å²) in [4.78, 5) is 15.2. The normalized spacial score (nSPS) is 18.1. The van der Waals surface area contributed by atoms with E-state index in [4.69, 9.17) is 9.98 Å². The summed E-state index contributed by atoms with van der Waals surface area (Å²) in [6.07, 6.45) is 9.11. The molecule has 2 aromatic rings. The smallest absolute Gasteiger partial charge is 0.101 e. The fourth-order valence-electron chi connectivity index (χ4n) is 2.90. The van der Waals surface area contributed by atoms with E-state index in [-0.39, 0.29) is 6.04 Å². The number of hydrogen-bond donors (Lipinski definition) is 0. The van der Waals surface area contributed by atoms with E-state index in [2.05, 4.69) is 37.9 Å². The molecule has 0 saturated heterocycles. The summed E-state index contributed by atoms with van der Waals surface area (Å²) in [5, 5.41) is 0.960. The zero-order chi connectivity index (χ0) is 19.1. The SMILES string of the molecule is CC(C)CC(C)N=C1C=CC(=Nc2ccccc2)C=C1Sc1ccccn1. The molecule has 1 aromatic heterocycles. The van der Waals surface area contributed by atoms with Crippen LogP contribution >= 0.6 is 11.8 Å². The maximum Gasteiger partial charge on any atom is 0.101 e. The Balaban J connectivity index is 1.90. The lowest BCUT2D eigenvalue weighted by Crippen LogP contribution is -2.11. The number of benzene rings is 1. The van der Waals surface area contributed by atoms with Gasteiger partial charge in [0.25, 0.3) is 0 Å². The number of allylic oxidation sites excluding steroid dienone is 4. The molecule has 4 heteroatoms. The summed E-state index contributed by atoms with van der Waals surface area (Å²) < 4.78 is 0. The molecule has 1 heterocycles. The van der Waals surface area contributed by atoms with Crippen LogP contribution in [0, 0.1) is 5.92 Å². The molecule has 138 valence electrons. The van der Waals surface area contributed by atoms with Crippen LogP contribution in [-0.4, -0.2) is 22.4 Å². The van der Waals surface area contributed by atoms with E-state index >= 15 is 0 Å². The first-order valence-electron chi connectivity index (χ1n) is 9.31. The van der Waals surface area contributed by atoms with E-state index < -0.39 is 0 Å². The number of rotatable bonds is 6. The fourth-order valence-corrected chi connectivity index (χ4v) is 3.80. The lowest BCUT2D eigenvalue weighted by Gasteiger charge is -2.16. The molecule has 3 nitrogen and oxygen atoms in total. The molecule has 1 atom stereocenters. The lowest BCUT2D eigenvalue weighted by molar-refractivity contribution is 0.522. The number of para-hydroxylation sites is 1. The quantitative estimate of drug-likeness (QED) is 0.558. The van der Waals surface area contributed by atoms with Crippen molar-refractivity contribution in [1.29, 1.82) is 0 Å². The number of hydrogen-bond acceptors (Lipinski definition) is 4. The molecule has 1 aliphatic carbocycles. The standard InChI is InChI=1S/C23H25N3S/c1-17(2)15-18(3)25-21-13-12-20(26-19-9-5-4-6-10-19)16-22(21)27-23-11-7-8-14-24-23/h4-14,16-18H,15H2,1-3H3. The molecule has 1 aliphatic rings. The van der Waals surface area contributed by atoms with Gasteiger partial charge in [-0.15, -0.1) is 0 Å². The van der Waals surface area contributed by atoms with Crippen molar-refractivity contribution < 1.29 is 0 Å². The molecule has 0 saturated carbocycles. The maximum absolute atomic E-state index is 4.95. The predicted octanol–water partition coefficient (Wildman–Crippen LogP) is 6.28. The summed E-state index contributed by atoms with van der Waals surface area (Å²) in [7, 11) is 0. The number of aromatic nitrogens is 1. The zero-order valence-corrected chi connectivity index (χ0v) is 16.9. The van der Waals surface area contributed by atoms with Crippen LogP contribution < -0.4 is 0 Å². The van der Waals surface area contributed by atoms with Gasteiger partial charge in [0.15, 0.2) is 0 Å². The number of pyridine rings is 1. The minimum atomic E-state index is 0.282. The van der Waals surface area contributed by atoms with E-state index in [1.54, 1.807) is 11.8 Å². The summed E-state index contributed by atoms with van der Waals surface area (Å²) in [6, 6.07) is 16.3. The Kier molecular flexibility index (Phi) is 6.77. The van der Waals surface area contributed by atoms with Crippen LogP contribution in [0.1, 0.15) is 27.2 Å². The van der Waals surface area contributed by atoms with Crippen molar-refractivity contribution in [2.75, 3.05) is 0 Å². The Hall–Kier alpha value is -2.46. The van der Waals surface area contributed by atoms with Crippen LogP contribution in [0.15, 0.2) is 92.9 Å². The molecule has 0 bridgehead atoms. The Labute approximate surface area is 166 Å². The van der Waals surface area contributed by atoms with Crippen molar-refractivity contribution in [2.24, 2.45) is 15.9 Å². The van der Waals surface area contributed by atoms with Gasteiger partial charge in [0.2, 0.25) is 0 Å². The van der Waals surface area contributed by atoms with Gasteiger partial charge in [-0.25, -0.2) is 9.98 Å². The highest BCUT2D eigenvalue weighted by atomic mass is 32.2. The van der Waals surface area contributed by atoms with Gasteiger partial charge >= 0.3 is 0 Å². The first-order chi connectivity index (χ1) is 13.1. The second kappa shape index (κ2) is 9.47. The van der Waals surface area contributed by atoms with Crippen molar-refractivity contribution in [3.63, 3.8) is 0 Å². The van der Waals surface area contributed by atoms with Crippen molar-refractivity contribution >= 4 is 28.9 Å². The average Bonchev–Trinajstić information content (AvgIpc) is 2.65. The molecule has 0 amide bonds. The molecule has 1 aromatic carbocycles. The molecule has 0 fully saturated rings. The van der Waals surface area contributed by atoms with Gasteiger partial charge in [0.1, 0.15) is 5.03 Å². The van der Waals surface area contributed by atoms with Crippen LogP contribution in [0.25, 0.3) is 0 Å². The van der Waals surface area contributed by atoms with E-state index in [0.717, 1.165) is 33.5 Å². The Morgan fingerprint density at radius 3 is 2.44 bits per heavy atom. The molecule has 0 spiro atoms. The van der Waals surface area contributed by atoms with Gasteiger partial charge in [-0.2, -0.15) is 0 Å². The third kappa shape index (κ3) is 6.04. The van der Waals surface area contributed by atoms with Crippen LogP contribution in [0.2, 0.25) is 0 Å². The Morgan fingerprint density at radius 1 is 0.963 bits per heavy atom. The third-order valence-corrected chi connectivity index (χ3v) is 4.98. The van der Waals surface area contributed by atoms with Gasteiger partial charge in [-0.3, -0.25) is 4.99 Å². The lowest BCUT2D eigenvalue weighted by atomic mass is 10.1. The molecular formula is C23H25N3S. The van der Waals surface area contributed by atoms with Crippen molar-refractivity contribution in [1.82, 2.24) is 4.98 Å². The first-order valence-corrected chi connectivity index (χ1v) is 10.1. The third-order valence-electron chi connectivity index (χ3n) is 3.98. The van der Waals surface area contributed by atoms with Crippen LogP contribution in [0.3, 0.4) is 0 Å². The molecule has 1 unspecified atom stereocenters. The summed E-state index contributed by atoms with van der Waals surface area (Å²) in [6.45, 7) is 6.65. The van der Waals surface area contributed by atoms with Gasteiger partial charge < -0.3 is 0 Å². The Bertz CT molecular complexity index is 865. The van der Waals surface area contributed by atoms with Gasteiger partial charge in [0, 0.05) is 17.1 Å². The minimum Gasteiger partial charge on any atom is -0.281 e. The van der Waals surface area contributed by atoms with Gasteiger partial charge in [-0.1, -0.05) is 49.9 Å². The fraction of sp³-hybridized carbons (Fsp3) is 0.261. The second-order valence-electron chi connectivity index (χ2n) is 6.98. The number of nitrogens with zero attached hydrogens (tertiary/aromatic N) is 3. The van der Waals surface area contributed by atoms with Gasteiger partial charge in [-0.05, 0) is 61.8 Å². The maximum atomic E-state index is 4.95. The second-order valence-corrected chi connectivity index (χ2v) is 8.04. The molecular weight excluding hydrogens is 350 g/mol. The highest BCUT2D eigenvalue weighted by Crippen LogP contribution is 2.29. The minimum absolute atomic E-state index is 0.282. The van der Waals surface area contributed by atoms with Crippen molar-refractivity contribution in [3.05, 3.63) is 77.9 Å². The highest BCUT2D eigenvalue weighted by Gasteiger charge is 2.15. The van der Waals surface area contributed by atoms with E-state index in [1.807, 2.05) is 60.8 Å². The average molecular weight is 376 g/mol. The number of aliphatic imine (C=N–C) groups is 2. The highest BCUT2D eigenvalue weighted by molar-refractivity contribution is 8.04. The van der Waals surface area contributed by atoms with Crippen molar-refractivity contribution in [3.8, 4) is 0 Å². The summed E-state index contributed by atoms with van der Waals surface area (Å²) >= 11 is 1.63. The first kappa shape index (κ1) is 19.3. The van der Waals surface area contributed by atoms with E-state index in [9.17, 15) is 0 Å². The van der Waals surface area contributed by atoms with Crippen LogP contribution in [-0.2, 0) is 0 Å². The molecule has 0 aliphatic heterocycles. The largest absolute Gasteiger partial charge is 0.281 e. The summed E-state index contributed by atoms with van der Waals surface area (Å²) in [5.74, 6) is 0.628. The van der Waals surface area contributed by atoms with Gasteiger partial charge in [0.05, 0.1) is 17.1 Å². The predicted molar refractivity (Wildman–Crippen MR) is 117 cm³/mol. The monoisotopic (exact) mass is 375 g/mol. The number of thioether (sulfide) groups is 1. The zero-order valence-electron chi connectivity index (χ0n) is 16.0. The Morgan fingerprint density at radius 2 is 1.74 bits per heavy atom. The van der Waals surface area contributed by atoms with Crippen LogP contribution in [0.4, 0.5) is 5.69 Å². The summed E-state index contributed by atoms with van der Waals surface area (Å²) in [5.41, 5.74) is 2.88. The molecule has 27 heavy (non-hydrogen) atoms. The molecule has 0 N–H and O–H groups in total. The molecule has 0 radical (unpaired) electrons. The topological polar surface area (TPSA) is 37.6 Å². The van der Waals surface area contributed by atoms with E-state index in [1.165, 1.54) is 0 Å². The molecule has 3 rings (SSSR count).